The third-order valence-electron chi connectivity index (χ3n) is 5.17. The number of anilines is 1. The van der Waals surface area contributed by atoms with Crippen LogP contribution in [0, 0.1) is 12.8 Å². The van der Waals surface area contributed by atoms with Crippen molar-refractivity contribution in [3.63, 3.8) is 0 Å². The van der Waals surface area contributed by atoms with Crippen LogP contribution in [0.5, 0.6) is 11.5 Å². The molecule has 0 amide bonds. The lowest BCUT2D eigenvalue weighted by atomic mass is 9.89. The fraction of sp³-hybridized carbons (Fsp3) is 0.217. The van der Waals surface area contributed by atoms with Crippen LogP contribution in [0.3, 0.4) is 0 Å². The Morgan fingerprint density at radius 2 is 1.86 bits per heavy atom. The van der Waals surface area contributed by atoms with E-state index < -0.39 is 11.9 Å². The van der Waals surface area contributed by atoms with Gasteiger partial charge in [0.25, 0.3) is 0 Å². The smallest absolute Gasteiger partial charge is 0.308 e. The number of carbonyl (C=O) groups is 1. The molecular formula is C23H22N2O3. The van der Waals surface area contributed by atoms with Crippen LogP contribution in [-0.4, -0.2) is 29.1 Å². The number of aliphatic carboxylic acids is 1. The SMILES string of the molecule is Cc1ccc(Oc2cccc(N3CC(C(=O)O)C(c4ccccc4)C3)c2)cn1. The molecule has 1 saturated heterocycles. The number of hydrogen-bond donors (Lipinski definition) is 1. The standard InChI is InChI=1S/C23H22N2O3/c1-16-10-11-20(13-24-16)28-19-9-5-8-18(12-19)25-14-21(22(15-25)23(26)27)17-6-3-2-4-7-17/h2-13,21-22H,14-15H2,1H3,(H,26,27). The molecule has 1 aliphatic rings. The van der Waals surface area contributed by atoms with Crippen molar-refractivity contribution in [3.05, 3.63) is 84.2 Å². The van der Waals surface area contributed by atoms with Crippen molar-refractivity contribution < 1.29 is 14.6 Å². The molecule has 2 aromatic carbocycles. The lowest BCUT2D eigenvalue weighted by molar-refractivity contribution is -0.141. The zero-order valence-electron chi connectivity index (χ0n) is 15.7. The number of aromatic nitrogens is 1. The van der Waals surface area contributed by atoms with Crippen LogP contribution in [0.25, 0.3) is 0 Å². The third-order valence-corrected chi connectivity index (χ3v) is 5.17. The van der Waals surface area contributed by atoms with Gasteiger partial charge < -0.3 is 14.7 Å². The third kappa shape index (κ3) is 3.83. The number of rotatable bonds is 5. The molecule has 1 fully saturated rings. The maximum Gasteiger partial charge on any atom is 0.308 e. The minimum absolute atomic E-state index is 0.0374. The van der Waals surface area contributed by atoms with Gasteiger partial charge >= 0.3 is 5.97 Å². The second-order valence-corrected chi connectivity index (χ2v) is 7.10. The van der Waals surface area contributed by atoms with Crippen molar-refractivity contribution in [2.24, 2.45) is 5.92 Å². The normalized spacial score (nSPS) is 18.8. The molecule has 2 heterocycles. The Balaban J connectivity index is 1.55. The second-order valence-electron chi connectivity index (χ2n) is 7.10. The summed E-state index contributed by atoms with van der Waals surface area (Å²) in [6, 6.07) is 21.4. The first kappa shape index (κ1) is 18.0. The van der Waals surface area contributed by atoms with Crippen molar-refractivity contribution >= 4 is 11.7 Å². The molecule has 1 aliphatic heterocycles. The van der Waals surface area contributed by atoms with E-state index in [-0.39, 0.29) is 5.92 Å². The molecule has 1 N–H and O–H groups in total. The van der Waals surface area contributed by atoms with Crippen LogP contribution in [-0.2, 0) is 4.79 Å². The minimum Gasteiger partial charge on any atom is -0.481 e. The summed E-state index contributed by atoms with van der Waals surface area (Å²) in [5, 5.41) is 9.72. The van der Waals surface area contributed by atoms with Gasteiger partial charge in [0.05, 0.1) is 12.1 Å². The van der Waals surface area contributed by atoms with Gasteiger partial charge in [0.15, 0.2) is 0 Å². The molecule has 1 aromatic heterocycles. The Hall–Kier alpha value is -3.34. The Kier molecular flexibility index (Phi) is 4.98. The van der Waals surface area contributed by atoms with Gasteiger partial charge in [-0.2, -0.15) is 0 Å². The Labute approximate surface area is 164 Å². The van der Waals surface area contributed by atoms with E-state index in [1.807, 2.05) is 73.7 Å². The first-order chi connectivity index (χ1) is 13.6. The van der Waals surface area contributed by atoms with E-state index in [0.717, 1.165) is 16.9 Å². The van der Waals surface area contributed by atoms with E-state index in [1.165, 1.54) is 0 Å². The molecule has 0 radical (unpaired) electrons. The molecule has 0 spiro atoms. The van der Waals surface area contributed by atoms with Crippen molar-refractivity contribution in [3.8, 4) is 11.5 Å². The van der Waals surface area contributed by atoms with Gasteiger partial charge in [0.1, 0.15) is 11.5 Å². The average molecular weight is 374 g/mol. The molecule has 2 unspecified atom stereocenters. The summed E-state index contributed by atoms with van der Waals surface area (Å²) in [4.78, 5) is 18.2. The Bertz CT molecular complexity index is 957. The molecule has 28 heavy (non-hydrogen) atoms. The number of nitrogens with zero attached hydrogens (tertiary/aromatic N) is 2. The maximum atomic E-state index is 11.8. The number of carboxylic acids is 1. The lowest BCUT2D eigenvalue weighted by Gasteiger charge is -2.19. The van der Waals surface area contributed by atoms with Gasteiger partial charge in [-0.1, -0.05) is 36.4 Å². The summed E-state index contributed by atoms with van der Waals surface area (Å²) in [6.45, 7) is 3.07. The summed E-state index contributed by atoms with van der Waals surface area (Å²) in [6.07, 6.45) is 1.70. The first-order valence-electron chi connectivity index (χ1n) is 9.33. The van der Waals surface area contributed by atoms with E-state index >= 15 is 0 Å². The summed E-state index contributed by atoms with van der Waals surface area (Å²) in [5.41, 5.74) is 2.96. The van der Waals surface area contributed by atoms with Crippen molar-refractivity contribution in [1.82, 2.24) is 4.98 Å². The molecule has 5 heteroatoms. The number of ether oxygens (including phenoxy) is 1. The fourth-order valence-corrected chi connectivity index (χ4v) is 3.70. The van der Waals surface area contributed by atoms with Crippen LogP contribution >= 0.6 is 0 Å². The average Bonchev–Trinajstić information content (AvgIpc) is 3.17. The summed E-state index contributed by atoms with van der Waals surface area (Å²) >= 11 is 0. The highest BCUT2D eigenvalue weighted by atomic mass is 16.5. The summed E-state index contributed by atoms with van der Waals surface area (Å²) in [7, 11) is 0. The molecule has 0 bridgehead atoms. The van der Waals surface area contributed by atoms with Crippen LogP contribution in [0.15, 0.2) is 72.9 Å². The van der Waals surface area contributed by atoms with Gasteiger partial charge in [-0.15, -0.1) is 0 Å². The highest BCUT2D eigenvalue weighted by Gasteiger charge is 2.38. The molecule has 142 valence electrons. The van der Waals surface area contributed by atoms with Crippen molar-refractivity contribution in [2.75, 3.05) is 18.0 Å². The molecule has 5 nitrogen and oxygen atoms in total. The van der Waals surface area contributed by atoms with Gasteiger partial charge in [-0.05, 0) is 36.8 Å². The number of pyridine rings is 1. The molecule has 2 atom stereocenters. The van der Waals surface area contributed by atoms with Gasteiger partial charge in [-0.25, -0.2) is 0 Å². The lowest BCUT2D eigenvalue weighted by Crippen LogP contribution is -2.23. The predicted molar refractivity (Wildman–Crippen MR) is 108 cm³/mol. The number of benzene rings is 2. The zero-order chi connectivity index (χ0) is 19.5. The van der Waals surface area contributed by atoms with Crippen molar-refractivity contribution in [2.45, 2.75) is 12.8 Å². The van der Waals surface area contributed by atoms with Crippen LogP contribution in [0.4, 0.5) is 5.69 Å². The number of aryl methyl sites for hydroxylation is 1. The molecule has 0 aliphatic carbocycles. The van der Waals surface area contributed by atoms with E-state index in [4.69, 9.17) is 4.74 Å². The van der Waals surface area contributed by atoms with E-state index in [9.17, 15) is 9.90 Å². The van der Waals surface area contributed by atoms with Gasteiger partial charge in [0.2, 0.25) is 0 Å². The first-order valence-corrected chi connectivity index (χ1v) is 9.33. The largest absolute Gasteiger partial charge is 0.481 e. The molecule has 0 saturated carbocycles. The maximum absolute atomic E-state index is 11.8. The Morgan fingerprint density at radius 1 is 1.04 bits per heavy atom. The fourth-order valence-electron chi connectivity index (χ4n) is 3.70. The van der Waals surface area contributed by atoms with Crippen molar-refractivity contribution in [1.29, 1.82) is 0 Å². The molecule has 4 rings (SSSR count). The highest BCUT2D eigenvalue weighted by molar-refractivity contribution is 5.74. The molecular weight excluding hydrogens is 352 g/mol. The number of carboxylic acid groups (broad SMARTS) is 1. The summed E-state index contributed by atoms with van der Waals surface area (Å²) in [5.74, 6) is 0.153. The molecule has 3 aromatic rings. The minimum atomic E-state index is -0.755. The predicted octanol–water partition coefficient (Wildman–Crippen LogP) is 4.49. The van der Waals surface area contributed by atoms with E-state index in [2.05, 4.69) is 9.88 Å². The Morgan fingerprint density at radius 3 is 2.57 bits per heavy atom. The topological polar surface area (TPSA) is 62.7 Å². The van der Waals surface area contributed by atoms with E-state index in [1.54, 1.807) is 6.20 Å². The highest BCUT2D eigenvalue weighted by Crippen LogP contribution is 2.36. The summed E-state index contributed by atoms with van der Waals surface area (Å²) < 4.78 is 5.91. The monoisotopic (exact) mass is 374 g/mol. The van der Waals surface area contributed by atoms with E-state index in [0.29, 0.717) is 24.6 Å². The van der Waals surface area contributed by atoms with Crippen LogP contribution in [0.1, 0.15) is 17.2 Å². The van der Waals surface area contributed by atoms with Gasteiger partial charge in [-0.3, -0.25) is 9.78 Å². The van der Waals surface area contributed by atoms with Crippen LogP contribution < -0.4 is 9.64 Å². The quantitative estimate of drug-likeness (QED) is 0.713. The second kappa shape index (κ2) is 7.72. The van der Waals surface area contributed by atoms with Crippen LogP contribution in [0.2, 0.25) is 0 Å². The zero-order valence-corrected chi connectivity index (χ0v) is 15.7. The van der Waals surface area contributed by atoms with Gasteiger partial charge in [0, 0.05) is 36.5 Å². The number of hydrogen-bond acceptors (Lipinski definition) is 4.